The van der Waals surface area contributed by atoms with Crippen LogP contribution < -0.4 is 5.32 Å². The van der Waals surface area contributed by atoms with Crippen LogP contribution >= 0.6 is 0 Å². The quantitative estimate of drug-likeness (QED) is 0.892. The topological polar surface area (TPSA) is 21.3 Å². The zero-order valence-corrected chi connectivity index (χ0v) is 10.6. The molecular formula is C14H19F2NO. The predicted molar refractivity (Wildman–Crippen MR) is 66.5 cm³/mol. The van der Waals surface area contributed by atoms with Crippen molar-refractivity contribution in [3.8, 4) is 0 Å². The lowest BCUT2D eigenvalue weighted by Crippen LogP contribution is -2.43. The van der Waals surface area contributed by atoms with Gasteiger partial charge in [0.2, 0.25) is 0 Å². The van der Waals surface area contributed by atoms with Crippen LogP contribution in [0.1, 0.15) is 18.9 Å². The van der Waals surface area contributed by atoms with E-state index in [0.29, 0.717) is 24.6 Å². The largest absolute Gasteiger partial charge is 0.381 e. The molecule has 1 saturated heterocycles. The summed E-state index contributed by atoms with van der Waals surface area (Å²) in [6, 6.07) is 4.14. The third-order valence-corrected chi connectivity index (χ3v) is 3.44. The molecule has 1 heterocycles. The van der Waals surface area contributed by atoms with Crippen molar-refractivity contribution in [1.29, 1.82) is 0 Å². The van der Waals surface area contributed by atoms with Gasteiger partial charge in [0.1, 0.15) is 11.6 Å². The van der Waals surface area contributed by atoms with E-state index in [9.17, 15) is 8.78 Å². The standard InChI is InChI=1S/C14H19F2NO/c1-2-17-14-5-6-18-9-11(14)7-10-3-4-12(15)8-13(10)16/h3-4,8,11,14,17H,2,5-7,9H2,1H3. The number of nitrogens with one attached hydrogen (secondary N) is 1. The maximum atomic E-state index is 13.6. The Bertz CT molecular complexity index is 395. The van der Waals surface area contributed by atoms with Crippen molar-refractivity contribution in [3.05, 3.63) is 35.4 Å². The summed E-state index contributed by atoms with van der Waals surface area (Å²) in [7, 11) is 0. The van der Waals surface area contributed by atoms with Crippen LogP contribution in [0.5, 0.6) is 0 Å². The Balaban J connectivity index is 2.06. The van der Waals surface area contributed by atoms with Crippen LogP contribution in [0.2, 0.25) is 0 Å². The predicted octanol–water partition coefficient (Wildman–Crippen LogP) is 2.52. The molecule has 1 aliphatic heterocycles. The van der Waals surface area contributed by atoms with Crippen molar-refractivity contribution >= 4 is 0 Å². The average Bonchev–Trinajstić information content (AvgIpc) is 2.35. The zero-order chi connectivity index (χ0) is 13.0. The molecule has 1 N–H and O–H groups in total. The molecule has 2 rings (SSSR count). The van der Waals surface area contributed by atoms with Gasteiger partial charge in [-0.25, -0.2) is 8.78 Å². The molecule has 0 amide bonds. The van der Waals surface area contributed by atoms with E-state index in [-0.39, 0.29) is 5.92 Å². The fraction of sp³-hybridized carbons (Fsp3) is 0.571. The van der Waals surface area contributed by atoms with Gasteiger partial charge in [0, 0.05) is 24.6 Å². The van der Waals surface area contributed by atoms with E-state index < -0.39 is 11.6 Å². The highest BCUT2D eigenvalue weighted by Crippen LogP contribution is 2.21. The second-order valence-electron chi connectivity index (χ2n) is 4.73. The molecule has 0 spiro atoms. The Labute approximate surface area is 106 Å². The lowest BCUT2D eigenvalue weighted by Gasteiger charge is -2.32. The third-order valence-electron chi connectivity index (χ3n) is 3.44. The highest BCUT2D eigenvalue weighted by Gasteiger charge is 2.25. The maximum Gasteiger partial charge on any atom is 0.129 e. The van der Waals surface area contributed by atoms with Crippen LogP contribution in [0.15, 0.2) is 18.2 Å². The lowest BCUT2D eigenvalue weighted by molar-refractivity contribution is 0.0324. The Hall–Kier alpha value is -1.00. The molecule has 1 fully saturated rings. The van der Waals surface area contributed by atoms with Gasteiger partial charge < -0.3 is 10.1 Å². The monoisotopic (exact) mass is 255 g/mol. The molecule has 0 bridgehead atoms. The minimum Gasteiger partial charge on any atom is -0.381 e. The van der Waals surface area contributed by atoms with E-state index in [0.717, 1.165) is 25.6 Å². The summed E-state index contributed by atoms with van der Waals surface area (Å²) >= 11 is 0. The van der Waals surface area contributed by atoms with Crippen molar-refractivity contribution in [2.24, 2.45) is 5.92 Å². The molecule has 0 aromatic heterocycles. The molecule has 0 aliphatic carbocycles. The number of ether oxygens (including phenoxy) is 1. The van der Waals surface area contributed by atoms with Gasteiger partial charge in [-0.1, -0.05) is 13.0 Å². The number of rotatable bonds is 4. The number of hydrogen-bond donors (Lipinski definition) is 1. The Kier molecular flexibility index (Phi) is 4.66. The highest BCUT2D eigenvalue weighted by molar-refractivity contribution is 5.19. The normalized spacial score (nSPS) is 24.2. The zero-order valence-electron chi connectivity index (χ0n) is 10.6. The summed E-state index contributed by atoms with van der Waals surface area (Å²) in [6.45, 7) is 4.34. The molecule has 4 heteroatoms. The summed E-state index contributed by atoms with van der Waals surface area (Å²) in [5.41, 5.74) is 0.565. The van der Waals surface area contributed by atoms with Crippen LogP contribution in [0.4, 0.5) is 8.78 Å². The minimum absolute atomic E-state index is 0.249. The highest BCUT2D eigenvalue weighted by atomic mass is 19.1. The number of halogens is 2. The van der Waals surface area contributed by atoms with Crippen LogP contribution in [0, 0.1) is 17.6 Å². The Morgan fingerprint density at radius 1 is 1.39 bits per heavy atom. The van der Waals surface area contributed by atoms with Gasteiger partial charge in [-0.3, -0.25) is 0 Å². The molecule has 100 valence electrons. The molecule has 1 aliphatic rings. The smallest absolute Gasteiger partial charge is 0.129 e. The van der Waals surface area contributed by atoms with Gasteiger partial charge in [0.25, 0.3) is 0 Å². The molecule has 2 unspecified atom stereocenters. The molecule has 0 radical (unpaired) electrons. The van der Waals surface area contributed by atoms with Crippen LogP contribution in [0.3, 0.4) is 0 Å². The first-order valence-electron chi connectivity index (χ1n) is 6.45. The second kappa shape index (κ2) is 6.25. The number of hydrogen-bond acceptors (Lipinski definition) is 2. The van der Waals surface area contributed by atoms with E-state index in [1.165, 1.54) is 12.1 Å². The summed E-state index contributed by atoms with van der Waals surface area (Å²) in [6.07, 6.45) is 1.53. The van der Waals surface area contributed by atoms with Crippen molar-refractivity contribution in [1.82, 2.24) is 5.32 Å². The fourth-order valence-corrected chi connectivity index (χ4v) is 2.50. The summed E-state index contributed by atoms with van der Waals surface area (Å²) in [4.78, 5) is 0. The Morgan fingerprint density at radius 3 is 2.94 bits per heavy atom. The van der Waals surface area contributed by atoms with Crippen LogP contribution in [0.25, 0.3) is 0 Å². The lowest BCUT2D eigenvalue weighted by atomic mass is 9.89. The second-order valence-corrected chi connectivity index (χ2v) is 4.73. The first-order chi connectivity index (χ1) is 8.70. The SMILES string of the molecule is CCNC1CCOCC1Cc1ccc(F)cc1F. The molecule has 2 atom stereocenters. The average molecular weight is 255 g/mol. The molecule has 0 saturated carbocycles. The molecule has 2 nitrogen and oxygen atoms in total. The summed E-state index contributed by atoms with van der Waals surface area (Å²) in [5.74, 6) is -0.742. The van der Waals surface area contributed by atoms with E-state index in [4.69, 9.17) is 4.74 Å². The fourth-order valence-electron chi connectivity index (χ4n) is 2.50. The first kappa shape index (κ1) is 13.4. The molecule has 18 heavy (non-hydrogen) atoms. The van der Waals surface area contributed by atoms with E-state index in [1.807, 2.05) is 0 Å². The van der Waals surface area contributed by atoms with Crippen LogP contribution in [-0.4, -0.2) is 25.8 Å². The first-order valence-corrected chi connectivity index (χ1v) is 6.45. The van der Waals surface area contributed by atoms with E-state index in [1.54, 1.807) is 0 Å². The van der Waals surface area contributed by atoms with Gasteiger partial charge in [-0.2, -0.15) is 0 Å². The van der Waals surface area contributed by atoms with Crippen LogP contribution in [-0.2, 0) is 11.2 Å². The van der Waals surface area contributed by atoms with Crippen molar-refractivity contribution in [3.63, 3.8) is 0 Å². The minimum atomic E-state index is -0.528. The van der Waals surface area contributed by atoms with Gasteiger partial charge in [0.15, 0.2) is 0 Å². The molecule has 1 aromatic carbocycles. The van der Waals surface area contributed by atoms with E-state index in [2.05, 4.69) is 12.2 Å². The number of benzene rings is 1. The summed E-state index contributed by atoms with van der Waals surface area (Å²) in [5, 5.41) is 3.41. The van der Waals surface area contributed by atoms with Crippen molar-refractivity contribution in [2.45, 2.75) is 25.8 Å². The van der Waals surface area contributed by atoms with E-state index >= 15 is 0 Å². The van der Waals surface area contributed by atoms with Crippen molar-refractivity contribution in [2.75, 3.05) is 19.8 Å². The Morgan fingerprint density at radius 2 is 2.22 bits per heavy atom. The van der Waals surface area contributed by atoms with Crippen molar-refractivity contribution < 1.29 is 13.5 Å². The molecule has 1 aromatic rings. The summed E-state index contributed by atoms with van der Waals surface area (Å²) < 4.78 is 31.9. The molecular weight excluding hydrogens is 236 g/mol. The van der Waals surface area contributed by atoms with Gasteiger partial charge in [-0.15, -0.1) is 0 Å². The maximum absolute atomic E-state index is 13.6. The third kappa shape index (κ3) is 3.27. The van der Waals surface area contributed by atoms with Gasteiger partial charge in [0.05, 0.1) is 6.61 Å². The van der Waals surface area contributed by atoms with Gasteiger partial charge in [-0.05, 0) is 31.0 Å². The van der Waals surface area contributed by atoms with Gasteiger partial charge >= 0.3 is 0 Å².